The first-order chi connectivity index (χ1) is 7.60. The number of aliphatic hydroxyl groups is 1. The lowest BCUT2D eigenvalue weighted by Gasteiger charge is -2.16. The van der Waals surface area contributed by atoms with Gasteiger partial charge in [-0.2, -0.15) is 0 Å². The molecule has 2 N–H and O–H groups in total. The lowest BCUT2D eigenvalue weighted by atomic mass is 9.99. The molecular formula is C13H21NO2. The van der Waals surface area contributed by atoms with Crippen molar-refractivity contribution in [1.82, 2.24) is 5.32 Å². The highest BCUT2D eigenvalue weighted by atomic mass is 16.5. The largest absolute Gasteiger partial charge is 0.496 e. The van der Waals surface area contributed by atoms with E-state index < -0.39 is 6.10 Å². The smallest absolute Gasteiger partial charge is 0.124 e. The van der Waals surface area contributed by atoms with Gasteiger partial charge >= 0.3 is 0 Å². The summed E-state index contributed by atoms with van der Waals surface area (Å²) >= 11 is 0. The molecule has 3 nitrogen and oxygen atoms in total. The number of methoxy groups -OCH3 is 1. The third kappa shape index (κ3) is 2.97. The highest BCUT2D eigenvalue weighted by Gasteiger charge is 2.13. The van der Waals surface area contributed by atoms with Gasteiger partial charge in [0.2, 0.25) is 0 Å². The van der Waals surface area contributed by atoms with Crippen LogP contribution in [0, 0.1) is 0 Å². The van der Waals surface area contributed by atoms with Gasteiger partial charge in [-0.25, -0.2) is 0 Å². The summed E-state index contributed by atoms with van der Waals surface area (Å²) in [6, 6.07) is 5.98. The average Bonchev–Trinajstić information content (AvgIpc) is 2.28. The van der Waals surface area contributed by atoms with Gasteiger partial charge < -0.3 is 15.2 Å². The van der Waals surface area contributed by atoms with Crippen molar-refractivity contribution in [1.29, 1.82) is 0 Å². The summed E-state index contributed by atoms with van der Waals surface area (Å²) in [5.41, 5.74) is 2.05. The van der Waals surface area contributed by atoms with E-state index in [2.05, 4.69) is 19.2 Å². The van der Waals surface area contributed by atoms with E-state index >= 15 is 0 Å². The van der Waals surface area contributed by atoms with Gasteiger partial charge in [-0.05, 0) is 24.6 Å². The molecule has 0 amide bonds. The topological polar surface area (TPSA) is 41.5 Å². The van der Waals surface area contributed by atoms with E-state index in [1.165, 1.54) is 5.56 Å². The molecule has 0 aliphatic carbocycles. The quantitative estimate of drug-likeness (QED) is 0.803. The Morgan fingerprint density at radius 1 is 1.38 bits per heavy atom. The molecule has 0 aliphatic heterocycles. The van der Waals surface area contributed by atoms with Gasteiger partial charge in [0, 0.05) is 12.1 Å². The van der Waals surface area contributed by atoms with Crippen molar-refractivity contribution in [3.05, 3.63) is 29.3 Å². The van der Waals surface area contributed by atoms with Gasteiger partial charge in [-0.15, -0.1) is 0 Å². The minimum atomic E-state index is -0.527. The van der Waals surface area contributed by atoms with Crippen molar-refractivity contribution in [2.45, 2.75) is 25.9 Å². The number of aliphatic hydroxyl groups excluding tert-OH is 1. The molecule has 1 aromatic rings. The number of rotatable bonds is 5. The van der Waals surface area contributed by atoms with Crippen LogP contribution in [0.2, 0.25) is 0 Å². The predicted octanol–water partition coefficient (Wildman–Crippen LogP) is 2.07. The predicted molar refractivity (Wildman–Crippen MR) is 66.0 cm³/mol. The Bertz CT molecular complexity index is 337. The molecule has 1 atom stereocenters. The number of ether oxygens (including phenoxy) is 1. The van der Waals surface area contributed by atoms with Crippen LogP contribution in [-0.4, -0.2) is 25.8 Å². The average molecular weight is 223 g/mol. The van der Waals surface area contributed by atoms with Crippen molar-refractivity contribution in [2.24, 2.45) is 0 Å². The minimum absolute atomic E-state index is 0.462. The fourth-order valence-electron chi connectivity index (χ4n) is 1.67. The van der Waals surface area contributed by atoms with Gasteiger partial charge in [-0.3, -0.25) is 0 Å². The van der Waals surface area contributed by atoms with E-state index in [1.54, 1.807) is 7.11 Å². The Hall–Kier alpha value is -1.06. The highest BCUT2D eigenvalue weighted by molar-refractivity contribution is 5.40. The van der Waals surface area contributed by atoms with Crippen molar-refractivity contribution in [2.75, 3.05) is 20.7 Å². The number of benzene rings is 1. The van der Waals surface area contributed by atoms with Gasteiger partial charge in [-0.1, -0.05) is 26.0 Å². The minimum Gasteiger partial charge on any atom is -0.496 e. The monoisotopic (exact) mass is 223 g/mol. The second kappa shape index (κ2) is 5.87. The zero-order chi connectivity index (χ0) is 12.1. The van der Waals surface area contributed by atoms with Crippen LogP contribution in [0.15, 0.2) is 18.2 Å². The van der Waals surface area contributed by atoms with Gasteiger partial charge in [0.1, 0.15) is 5.75 Å². The SMILES string of the molecule is CNCC(O)c1ccc(C(C)C)cc1OC. The van der Waals surface area contributed by atoms with Gasteiger partial charge in [0.25, 0.3) is 0 Å². The van der Waals surface area contributed by atoms with Crippen LogP contribution in [-0.2, 0) is 0 Å². The fourth-order valence-corrected chi connectivity index (χ4v) is 1.67. The van der Waals surface area contributed by atoms with Crippen LogP contribution < -0.4 is 10.1 Å². The first kappa shape index (κ1) is 13.0. The molecule has 0 saturated carbocycles. The van der Waals surface area contributed by atoms with E-state index in [0.717, 1.165) is 11.3 Å². The molecular weight excluding hydrogens is 202 g/mol. The van der Waals surface area contributed by atoms with E-state index in [0.29, 0.717) is 12.5 Å². The molecule has 1 unspecified atom stereocenters. The number of likely N-dealkylation sites (N-methyl/N-ethyl adjacent to an activating group) is 1. The lowest BCUT2D eigenvalue weighted by molar-refractivity contribution is 0.173. The zero-order valence-corrected chi connectivity index (χ0v) is 10.4. The lowest BCUT2D eigenvalue weighted by Crippen LogP contribution is -2.17. The normalized spacial score (nSPS) is 12.9. The van der Waals surface area contributed by atoms with Crippen LogP contribution >= 0.6 is 0 Å². The second-order valence-corrected chi connectivity index (χ2v) is 4.23. The summed E-state index contributed by atoms with van der Waals surface area (Å²) < 4.78 is 5.32. The number of hydrogen-bond donors (Lipinski definition) is 2. The maximum atomic E-state index is 9.92. The summed E-state index contributed by atoms with van der Waals surface area (Å²) in [4.78, 5) is 0. The van der Waals surface area contributed by atoms with Crippen molar-refractivity contribution in [3.8, 4) is 5.75 Å². The Morgan fingerprint density at radius 2 is 2.06 bits per heavy atom. The maximum absolute atomic E-state index is 9.92. The molecule has 16 heavy (non-hydrogen) atoms. The van der Waals surface area contributed by atoms with Gasteiger partial charge in [0.05, 0.1) is 13.2 Å². The molecule has 0 aromatic heterocycles. The van der Waals surface area contributed by atoms with Crippen LogP contribution in [0.4, 0.5) is 0 Å². The summed E-state index contributed by atoms with van der Waals surface area (Å²) in [6.45, 7) is 4.80. The first-order valence-electron chi connectivity index (χ1n) is 5.60. The van der Waals surface area contributed by atoms with Crippen LogP contribution in [0.25, 0.3) is 0 Å². The molecule has 0 spiro atoms. The molecule has 0 radical (unpaired) electrons. The Morgan fingerprint density at radius 3 is 2.56 bits per heavy atom. The first-order valence-corrected chi connectivity index (χ1v) is 5.60. The summed E-state index contributed by atoms with van der Waals surface area (Å²) in [5, 5.41) is 12.9. The third-order valence-electron chi connectivity index (χ3n) is 2.68. The molecule has 1 rings (SSSR count). The molecule has 90 valence electrons. The Kier molecular flexibility index (Phi) is 4.77. The third-order valence-corrected chi connectivity index (χ3v) is 2.68. The number of nitrogens with one attached hydrogen (secondary N) is 1. The molecule has 0 heterocycles. The summed E-state index contributed by atoms with van der Waals surface area (Å²) in [7, 11) is 3.45. The number of hydrogen-bond acceptors (Lipinski definition) is 3. The van der Waals surface area contributed by atoms with Crippen molar-refractivity contribution in [3.63, 3.8) is 0 Å². The van der Waals surface area contributed by atoms with Crippen LogP contribution in [0.5, 0.6) is 5.75 Å². The molecule has 0 saturated heterocycles. The van der Waals surface area contributed by atoms with Crippen molar-refractivity contribution >= 4 is 0 Å². The molecule has 0 bridgehead atoms. The van der Waals surface area contributed by atoms with Crippen molar-refractivity contribution < 1.29 is 9.84 Å². The Balaban J connectivity index is 3.01. The van der Waals surface area contributed by atoms with E-state index in [4.69, 9.17) is 4.74 Å². The fraction of sp³-hybridized carbons (Fsp3) is 0.538. The standard InChI is InChI=1S/C13H21NO2/c1-9(2)10-5-6-11(12(15)8-14-3)13(7-10)16-4/h5-7,9,12,14-15H,8H2,1-4H3. The van der Waals surface area contributed by atoms with E-state index in [1.807, 2.05) is 25.2 Å². The Labute approximate surface area is 97.4 Å². The summed E-state index contributed by atoms with van der Waals surface area (Å²) in [6.07, 6.45) is -0.527. The molecule has 0 fully saturated rings. The zero-order valence-electron chi connectivity index (χ0n) is 10.4. The van der Waals surface area contributed by atoms with Gasteiger partial charge in [0.15, 0.2) is 0 Å². The summed E-state index contributed by atoms with van der Waals surface area (Å²) in [5.74, 6) is 1.22. The van der Waals surface area contributed by atoms with Crippen LogP contribution in [0.1, 0.15) is 37.0 Å². The molecule has 0 aliphatic rings. The maximum Gasteiger partial charge on any atom is 0.124 e. The van der Waals surface area contributed by atoms with E-state index in [9.17, 15) is 5.11 Å². The second-order valence-electron chi connectivity index (χ2n) is 4.23. The molecule has 1 aromatic carbocycles. The van der Waals surface area contributed by atoms with Crippen LogP contribution in [0.3, 0.4) is 0 Å². The van der Waals surface area contributed by atoms with E-state index in [-0.39, 0.29) is 0 Å². The molecule has 3 heteroatoms. The highest BCUT2D eigenvalue weighted by Crippen LogP contribution is 2.28.